The Morgan fingerprint density at radius 1 is 1.06 bits per heavy atom. The molecule has 2 N–H and O–H groups in total. The minimum absolute atomic E-state index is 0.0647. The highest BCUT2D eigenvalue weighted by Gasteiger charge is 2.61. The number of nitrogens with one attached hydrogen (secondary N) is 1. The number of carbonyl (C=O) groups excluding carboxylic acids is 2. The van der Waals surface area contributed by atoms with Crippen molar-refractivity contribution in [3.05, 3.63) is 6.20 Å². The molecule has 7 nitrogen and oxygen atoms in total. The molecule has 0 unspecified atom stereocenters. The smallest absolute Gasteiger partial charge is 0.222 e. The lowest BCUT2D eigenvalue weighted by Gasteiger charge is -2.61. The van der Waals surface area contributed by atoms with E-state index in [0.717, 1.165) is 44.4 Å². The molecule has 1 heterocycles. The number of rotatable bonds is 4. The van der Waals surface area contributed by atoms with Crippen molar-refractivity contribution in [1.82, 2.24) is 15.0 Å². The van der Waals surface area contributed by atoms with Gasteiger partial charge in [0.05, 0.1) is 11.8 Å². The fraction of sp³-hybridized carbons (Fsp3) is 0.846. The topological polar surface area (TPSA) is 97.1 Å². The molecule has 1 amide bonds. The number of aliphatic hydroxyl groups is 1. The second kappa shape index (κ2) is 7.89. The van der Waals surface area contributed by atoms with Crippen LogP contribution < -0.4 is 5.32 Å². The summed E-state index contributed by atoms with van der Waals surface area (Å²) < 4.78 is 0. The van der Waals surface area contributed by atoms with Crippen molar-refractivity contribution in [3.63, 3.8) is 0 Å². The predicted molar refractivity (Wildman–Crippen MR) is 125 cm³/mol. The van der Waals surface area contributed by atoms with Crippen LogP contribution in [0.15, 0.2) is 6.20 Å². The molecule has 4 aliphatic carbocycles. The number of carbonyl (C=O) groups is 2. The molecule has 5 rings (SSSR count). The van der Waals surface area contributed by atoms with Gasteiger partial charge in [-0.2, -0.15) is 9.90 Å². The van der Waals surface area contributed by atoms with E-state index in [-0.39, 0.29) is 29.6 Å². The van der Waals surface area contributed by atoms with Crippen molar-refractivity contribution < 1.29 is 14.7 Å². The van der Waals surface area contributed by atoms with Gasteiger partial charge < -0.3 is 10.4 Å². The molecule has 33 heavy (non-hydrogen) atoms. The first kappa shape index (κ1) is 23.0. The van der Waals surface area contributed by atoms with E-state index in [4.69, 9.17) is 0 Å². The minimum Gasteiger partial charge on any atom is -0.390 e. The van der Waals surface area contributed by atoms with Gasteiger partial charge in [-0.3, -0.25) is 9.59 Å². The fourth-order valence-electron chi connectivity index (χ4n) is 8.82. The molecule has 0 bridgehead atoms. The number of hydrogen-bond donors (Lipinski definition) is 2. The van der Waals surface area contributed by atoms with Crippen molar-refractivity contribution in [1.29, 1.82) is 0 Å². The molecule has 4 saturated carbocycles. The number of hydrogen-bond acceptors (Lipinski definition) is 5. The summed E-state index contributed by atoms with van der Waals surface area (Å²) in [6.07, 6.45) is 11.4. The van der Waals surface area contributed by atoms with Crippen LogP contribution in [0.1, 0.15) is 85.5 Å². The van der Waals surface area contributed by atoms with Crippen LogP contribution in [0, 0.1) is 40.4 Å². The molecule has 1 aromatic rings. The molecular formula is C26H40N4O3. The number of Topliss-reactive ketones (excluding diaryl/α,β-unsaturated/α-hetero) is 1. The highest BCUT2D eigenvalue weighted by molar-refractivity contribution is 5.87. The fourth-order valence-corrected chi connectivity index (χ4v) is 8.82. The van der Waals surface area contributed by atoms with Gasteiger partial charge in [0.2, 0.25) is 5.91 Å². The quantitative estimate of drug-likeness (QED) is 0.707. The summed E-state index contributed by atoms with van der Waals surface area (Å²) in [4.78, 5) is 26.1. The second-order valence-electron chi connectivity index (χ2n) is 12.4. The largest absolute Gasteiger partial charge is 0.390 e. The van der Waals surface area contributed by atoms with Crippen molar-refractivity contribution in [2.24, 2.45) is 40.4 Å². The normalized spacial score (nSPS) is 44.5. The van der Waals surface area contributed by atoms with Crippen LogP contribution in [0.5, 0.6) is 0 Å². The first-order valence-electron chi connectivity index (χ1n) is 12.9. The van der Waals surface area contributed by atoms with Gasteiger partial charge in [0.15, 0.2) is 11.6 Å². The number of ketones is 1. The van der Waals surface area contributed by atoms with Gasteiger partial charge in [-0.05, 0) is 99.2 Å². The maximum absolute atomic E-state index is 13.4. The summed E-state index contributed by atoms with van der Waals surface area (Å²) in [6.45, 7) is 8.53. The summed E-state index contributed by atoms with van der Waals surface area (Å²) in [7, 11) is 0. The lowest BCUT2D eigenvalue weighted by molar-refractivity contribution is -0.151. The number of fused-ring (bicyclic) bond motifs is 5. The summed E-state index contributed by atoms with van der Waals surface area (Å²) in [5.74, 6) is 3.19. The highest BCUT2D eigenvalue weighted by atomic mass is 16.3. The zero-order chi connectivity index (χ0) is 23.6. The van der Waals surface area contributed by atoms with Crippen molar-refractivity contribution >= 4 is 17.5 Å². The van der Waals surface area contributed by atoms with E-state index in [1.54, 1.807) is 0 Å². The van der Waals surface area contributed by atoms with Gasteiger partial charge in [0.1, 0.15) is 6.54 Å². The zero-order valence-electron chi connectivity index (χ0n) is 20.6. The molecular weight excluding hydrogens is 416 g/mol. The SMILES string of the molecule is CC(=O)Nc1cnn(CC(=O)[C@H]2CC[C@H]3[C@@H]4CC[C@@H]5C[C@](C)(O)CC[C@]5(C)[C@H]4CC[C@]23C)n1. The third kappa shape index (κ3) is 3.84. The lowest BCUT2D eigenvalue weighted by atomic mass is 9.44. The van der Waals surface area contributed by atoms with Gasteiger partial charge in [-0.15, -0.1) is 5.10 Å². The molecule has 1 aromatic heterocycles. The number of aromatic nitrogens is 3. The lowest BCUT2D eigenvalue weighted by Crippen LogP contribution is -2.55. The summed E-state index contributed by atoms with van der Waals surface area (Å²) in [5.41, 5.74) is -0.0890. The molecule has 0 spiro atoms. The average Bonchev–Trinajstić information content (AvgIpc) is 3.31. The third-order valence-electron chi connectivity index (χ3n) is 10.5. The molecule has 0 radical (unpaired) electrons. The van der Waals surface area contributed by atoms with Gasteiger partial charge >= 0.3 is 0 Å². The molecule has 8 atom stereocenters. The first-order chi connectivity index (χ1) is 15.5. The maximum Gasteiger partial charge on any atom is 0.222 e. The average molecular weight is 457 g/mol. The number of nitrogens with zero attached hydrogens (tertiary/aromatic N) is 3. The minimum atomic E-state index is -0.495. The Morgan fingerprint density at radius 3 is 2.58 bits per heavy atom. The summed E-state index contributed by atoms with van der Waals surface area (Å²) in [6, 6.07) is 0. The van der Waals surface area contributed by atoms with Crippen LogP contribution in [-0.4, -0.2) is 37.4 Å². The molecule has 0 aromatic carbocycles. The number of anilines is 1. The Hall–Kier alpha value is -1.76. The van der Waals surface area contributed by atoms with Gasteiger partial charge in [-0.25, -0.2) is 0 Å². The van der Waals surface area contributed by atoms with Gasteiger partial charge in [0.25, 0.3) is 0 Å². The van der Waals surface area contributed by atoms with Crippen LogP contribution >= 0.6 is 0 Å². The van der Waals surface area contributed by atoms with Crippen LogP contribution in [0.25, 0.3) is 0 Å². The molecule has 0 saturated heterocycles. The Bertz CT molecular complexity index is 942. The third-order valence-corrected chi connectivity index (χ3v) is 10.5. The summed E-state index contributed by atoms with van der Waals surface area (Å²) in [5, 5.41) is 21.8. The van der Waals surface area contributed by atoms with Crippen LogP contribution in [0.3, 0.4) is 0 Å². The van der Waals surface area contributed by atoms with Crippen molar-refractivity contribution in [3.8, 4) is 0 Å². The predicted octanol–water partition coefficient (Wildman–Crippen LogP) is 4.22. The first-order valence-corrected chi connectivity index (χ1v) is 12.9. The van der Waals surface area contributed by atoms with E-state index >= 15 is 0 Å². The van der Waals surface area contributed by atoms with E-state index in [0.29, 0.717) is 29.0 Å². The van der Waals surface area contributed by atoms with E-state index in [2.05, 4.69) is 29.4 Å². The van der Waals surface area contributed by atoms with E-state index < -0.39 is 5.60 Å². The van der Waals surface area contributed by atoms with Gasteiger partial charge in [-0.1, -0.05) is 13.8 Å². The maximum atomic E-state index is 13.4. The van der Waals surface area contributed by atoms with Crippen molar-refractivity contribution in [2.45, 2.75) is 97.6 Å². The Kier molecular flexibility index (Phi) is 5.50. The van der Waals surface area contributed by atoms with Crippen LogP contribution in [0.4, 0.5) is 5.82 Å². The molecule has 4 fully saturated rings. The van der Waals surface area contributed by atoms with Crippen LogP contribution in [-0.2, 0) is 16.1 Å². The molecule has 7 heteroatoms. The summed E-state index contributed by atoms with van der Waals surface area (Å²) >= 11 is 0. The van der Waals surface area contributed by atoms with Crippen LogP contribution in [0.2, 0.25) is 0 Å². The second-order valence-corrected chi connectivity index (χ2v) is 12.4. The Balaban J connectivity index is 1.30. The van der Waals surface area contributed by atoms with E-state index in [1.165, 1.54) is 37.2 Å². The molecule has 0 aliphatic heterocycles. The Morgan fingerprint density at radius 2 is 1.82 bits per heavy atom. The molecule has 182 valence electrons. The van der Waals surface area contributed by atoms with E-state index in [1.807, 2.05) is 6.92 Å². The van der Waals surface area contributed by atoms with Gasteiger partial charge in [0, 0.05) is 12.8 Å². The Labute approximate surface area is 197 Å². The molecule has 4 aliphatic rings. The highest BCUT2D eigenvalue weighted by Crippen LogP contribution is 2.68. The number of amides is 1. The standard InChI is InChI=1S/C26H40N4O3/c1-16(31)28-23-14-27-30(29-23)15-22(32)21-8-7-19-18-6-5-17-13-24(2,33)11-12-25(17,3)20(18)9-10-26(19,21)4/h14,17-21,33H,5-13,15H2,1-4H3,(H,28,29,31)/t17-,18+,19+,20+,21-,24-,25+,26+/m1/s1. The zero-order valence-corrected chi connectivity index (χ0v) is 20.6. The monoisotopic (exact) mass is 456 g/mol. The van der Waals surface area contributed by atoms with E-state index in [9.17, 15) is 14.7 Å². The van der Waals surface area contributed by atoms with Crippen molar-refractivity contribution in [2.75, 3.05) is 5.32 Å².